The Morgan fingerprint density at radius 1 is 1.19 bits per heavy atom. The lowest BCUT2D eigenvalue weighted by atomic mass is 10.0. The number of nitrogens with one attached hydrogen (secondary N) is 1. The van der Waals surface area contributed by atoms with E-state index in [0.29, 0.717) is 6.04 Å². The summed E-state index contributed by atoms with van der Waals surface area (Å²) in [6.07, 6.45) is 4.20. The van der Waals surface area contributed by atoms with E-state index in [9.17, 15) is 0 Å². The van der Waals surface area contributed by atoms with Crippen LogP contribution in [0.1, 0.15) is 24.2 Å². The molecule has 0 bridgehead atoms. The Morgan fingerprint density at radius 2 is 2.00 bits per heavy atom. The molecule has 1 atom stereocenters. The molecule has 1 aliphatic rings. The second-order valence-electron chi connectivity index (χ2n) is 5.71. The monoisotopic (exact) mass is 282 g/mol. The molecule has 1 aromatic carbocycles. The lowest BCUT2D eigenvalue weighted by molar-refractivity contribution is 0.528. The van der Waals surface area contributed by atoms with Gasteiger partial charge in [0, 0.05) is 31.0 Å². The van der Waals surface area contributed by atoms with Crippen molar-refractivity contribution in [3.05, 3.63) is 47.9 Å². The van der Waals surface area contributed by atoms with Crippen LogP contribution in [0.4, 0.5) is 11.5 Å². The summed E-state index contributed by atoms with van der Waals surface area (Å²) in [4.78, 5) is 11.4. The van der Waals surface area contributed by atoms with Crippen LogP contribution in [0, 0.1) is 13.8 Å². The summed E-state index contributed by atoms with van der Waals surface area (Å²) in [6, 6.07) is 11.0. The van der Waals surface area contributed by atoms with Crippen LogP contribution in [0.3, 0.4) is 0 Å². The molecule has 21 heavy (non-hydrogen) atoms. The van der Waals surface area contributed by atoms with Crippen LogP contribution in [0.2, 0.25) is 0 Å². The molecule has 0 amide bonds. The fourth-order valence-electron chi connectivity index (χ4n) is 2.84. The van der Waals surface area contributed by atoms with Crippen LogP contribution in [0.5, 0.6) is 0 Å². The lowest BCUT2D eigenvalue weighted by Gasteiger charge is -2.35. The topological polar surface area (TPSA) is 41.1 Å². The Balaban J connectivity index is 1.70. The summed E-state index contributed by atoms with van der Waals surface area (Å²) in [7, 11) is 0. The predicted octanol–water partition coefficient (Wildman–Crippen LogP) is 3.17. The van der Waals surface area contributed by atoms with E-state index < -0.39 is 0 Å². The number of hydrogen-bond acceptors (Lipinski definition) is 4. The Kier molecular flexibility index (Phi) is 4.04. The van der Waals surface area contributed by atoms with Crippen molar-refractivity contribution in [1.29, 1.82) is 0 Å². The largest absolute Gasteiger partial charge is 0.369 e. The van der Waals surface area contributed by atoms with Gasteiger partial charge in [0.15, 0.2) is 0 Å². The van der Waals surface area contributed by atoms with Crippen molar-refractivity contribution in [1.82, 2.24) is 9.97 Å². The number of anilines is 2. The maximum absolute atomic E-state index is 4.57. The second-order valence-corrected chi connectivity index (χ2v) is 5.71. The smallest absolute Gasteiger partial charge is 0.148 e. The summed E-state index contributed by atoms with van der Waals surface area (Å²) in [5.41, 5.74) is 3.23. The van der Waals surface area contributed by atoms with Gasteiger partial charge in [-0.15, -0.1) is 0 Å². The van der Waals surface area contributed by atoms with Gasteiger partial charge in [-0.2, -0.15) is 0 Å². The van der Waals surface area contributed by atoms with Gasteiger partial charge in [-0.1, -0.05) is 18.2 Å². The minimum atomic E-state index is 0.425. The molecule has 1 fully saturated rings. The summed E-state index contributed by atoms with van der Waals surface area (Å²) in [5.74, 6) is 0.926. The van der Waals surface area contributed by atoms with E-state index in [1.807, 2.05) is 20.0 Å². The number of rotatable bonds is 3. The number of aromatic nitrogens is 2. The lowest BCUT2D eigenvalue weighted by Crippen LogP contribution is -2.42. The standard InChI is InChI=1S/C17H22N4/c1-13-11-18-14(2)17(19-13)20-15-7-6-10-21(12-15)16-8-4-3-5-9-16/h3-5,8-9,11,15H,6-7,10,12H2,1-2H3,(H,19,20). The number of benzene rings is 1. The van der Waals surface area contributed by atoms with Gasteiger partial charge >= 0.3 is 0 Å². The van der Waals surface area contributed by atoms with E-state index in [1.165, 1.54) is 18.5 Å². The van der Waals surface area contributed by atoms with Gasteiger partial charge in [-0.3, -0.25) is 4.98 Å². The van der Waals surface area contributed by atoms with Crippen molar-refractivity contribution in [3.63, 3.8) is 0 Å². The molecule has 3 rings (SSSR count). The molecule has 4 heteroatoms. The van der Waals surface area contributed by atoms with Crippen LogP contribution in [0.25, 0.3) is 0 Å². The molecular weight excluding hydrogens is 260 g/mol. The molecule has 0 saturated carbocycles. The molecule has 1 N–H and O–H groups in total. The highest BCUT2D eigenvalue weighted by molar-refractivity contribution is 5.48. The van der Waals surface area contributed by atoms with Gasteiger partial charge in [-0.05, 0) is 38.8 Å². The highest BCUT2D eigenvalue weighted by Crippen LogP contribution is 2.22. The van der Waals surface area contributed by atoms with E-state index in [0.717, 1.165) is 30.3 Å². The molecule has 0 spiro atoms. The van der Waals surface area contributed by atoms with Gasteiger partial charge in [0.05, 0.1) is 11.4 Å². The van der Waals surface area contributed by atoms with E-state index in [-0.39, 0.29) is 0 Å². The Labute approximate surface area is 126 Å². The zero-order chi connectivity index (χ0) is 14.7. The van der Waals surface area contributed by atoms with Crippen LogP contribution >= 0.6 is 0 Å². The Hall–Kier alpha value is -2.10. The van der Waals surface area contributed by atoms with Crippen LogP contribution in [0.15, 0.2) is 36.5 Å². The minimum absolute atomic E-state index is 0.425. The maximum Gasteiger partial charge on any atom is 0.148 e. The first-order valence-electron chi connectivity index (χ1n) is 7.59. The quantitative estimate of drug-likeness (QED) is 0.939. The summed E-state index contributed by atoms with van der Waals surface area (Å²) >= 11 is 0. The van der Waals surface area contributed by atoms with E-state index in [2.05, 4.69) is 50.5 Å². The van der Waals surface area contributed by atoms with Crippen molar-refractivity contribution in [2.24, 2.45) is 0 Å². The van der Waals surface area contributed by atoms with Gasteiger partial charge < -0.3 is 10.2 Å². The summed E-state index contributed by atoms with van der Waals surface area (Å²) in [6.45, 7) is 6.13. The molecule has 110 valence electrons. The van der Waals surface area contributed by atoms with Crippen molar-refractivity contribution in [2.75, 3.05) is 23.3 Å². The third-order valence-electron chi connectivity index (χ3n) is 3.96. The highest BCUT2D eigenvalue weighted by atomic mass is 15.2. The fourth-order valence-corrected chi connectivity index (χ4v) is 2.84. The van der Waals surface area contributed by atoms with Crippen molar-refractivity contribution in [3.8, 4) is 0 Å². The fraction of sp³-hybridized carbons (Fsp3) is 0.412. The predicted molar refractivity (Wildman–Crippen MR) is 86.8 cm³/mol. The van der Waals surface area contributed by atoms with Gasteiger partial charge in [0.1, 0.15) is 5.82 Å². The highest BCUT2D eigenvalue weighted by Gasteiger charge is 2.20. The number of para-hydroxylation sites is 1. The SMILES string of the molecule is Cc1cnc(C)c(NC2CCCN(c3ccccc3)C2)n1. The maximum atomic E-state index is 4.57. The Bertz CT molecular complexity index is 597. The first-order valence-corrected chi connectivity index (χ1v) is 7.59. The van der Waals surface area contributed by atoms with Crippen molar-refractivity contribution < 1.29 is 0 Å². The second kappa shape index (κ2) is 6.12. The average Bonchev–Trinajstić information content (AvgIpc) is 2.52. The molecule has 1 saturated heterocycles. The van der Waals surface area contributed by atoms with E-state index in [1.54, 1.807) is 0 Å². The molecule has 1 unspecified atom stereocenters. The molecule has 1 aliphatic heterocycles. The number of hydrogen-bond donors (Lipinski definition) is 1. The zero-order valence-electron chi connectivity index (χ0n) is 12.7. The number of piperidine rings is 1. The van der Waals surface area contributed by atoms with Gasteiger partial charge in [0.2, 0.25) is 0 Å². The summed E-state index contributed by atoms with van der Waals surface area (Å²) < 4.78 is 0. The average molecular weight is 282 g/mol. The minimum Gasteiger partial charge on any atom is -0.369 e. The van der Waals surface area contributed by atoms with Crippen molar-refractivity contribution >= 4 is 11.5 Å². The van der Waals surface area contributed by atoms with Gasteiger partial charge in [-0.25, -0.2) is 4.98 Å². The third-order valence-corrected chi connectivity index (χ3v) is 3.96. The molecular formula is C17H22N4. The summed E-state index contributed by atoms with van der Waals surface area (Å²) in [5, 5.41) is 3.57. The molecule has 0 radical (unpaired) electrons. The van der Waals surface area contributed by atoms with Crippen molar-refractivity contribution in [2.45, 2.75) is 32.7 Å². The van der Waals surface area contributed by atoms with Crippen LogP contribution < -0.4 is 10.2 Å². The number of nitrogens with zero attached hydrogens (tertiary/aromatic N) is 3. The first-order chi connectivity index (χ1) is 10.2. The van der Waals surface area contributed by atoms with E-state index in [4.69, 9.17) is 0 Å². The normalized spacial score (nSPS) is 18.6. The molecule has 2 heterocycles. The first kappa shape index (κ1) is 13.9. The zero-order valence-corrected chi connectivity index (χ0v) is 12.7. The van der Waals surface area contributed by atoms with Crippen LogP contribution in [-0.2, 0) is 0 Å². The van der Waals surface area contributed by atoms with Crippen LogP contribution in [-0.4, -0.2) is 29.1 Å². The van der Waals surface area contributed by atoms with E-state index >= 15 is 0 Å². The van der Waals surface area contributed by atoms with Gasteiger partial charge in [0.25, 0.3) is 0 Å². The molecule has 0 aliphatic carbocycles. The molecule has 2 aromatic rings. The molecule has 4 nitrogen and oxygen atoms in total. The Morgan fingerprint density at radius 3 is 2.81 bits per heavy atom. The third kappa shape index (κ3) is 3.32. The molecule has 1 aromatic heterocycles. The number of aryl methyl sites for hydroxylation is 2.